The zero-order valence-electron chi connectivity index (χ0n) is 16.1. The average Bonchev–Trinajstić information content (AvgIpc) is 3.40. The summed E-state index contributed by atoms with van der Waals surface area (Å²) >= 11 is 0. The molecule has 5 heteroatoms. The topological polar surface area (TPSA) is 58.4 Å². The molecule has 0 aliphatic carbocycles. The van der Waals surface area contributed by atoms with Crippen molar-refractivity contribution < 1.29 is 9.32 Å². The Balaban J connectivity index is 1.40. The van der Waals surface area contributed by atoms with Crippen LogP contribution in [0.25, 0.3) is 11.3 Å². The van der Waals surface area contributed by atoms with E-state index in [0.29, 0.717) is 12.2 Å². The molecule has 3 aromatic rings. The first kappa shape index (κ1) is 18.4. The fraction of sp³-hybridized carbons (Fsp3) is 0.304. The van der Waals surface area contributed by atoms with E-state index in [1.165, 1.54) is 24.0 Å². The highest BCUT2D eigenvalue weighted by atomic mass is 16.5. The van der Waals surface area contributed by atoms with Crippen molar-refractivity contribution in [3.63, 3.8) is 0 Å². The molecule has 0 atom stereocenters. The van der Waals surface area contributed by atoms with E-state index < -0.39 is 0 Å². The molecule has 0 radical (unpaired) electrons. The van der Waals surface area contributed by atoms with E-state index in [9.17, 15) is 4.79 Å². The van der Waals surface area contributed by atoms with Crippen LogP contribution < -0.4 is 5.32 Å². The van der Waals surface area contributed by atoms with Crippen LogP contribution in [-0.4, -0.2) is 29.1 Å². The number of aromatic nitrogens is 1. The maximum Gasteiger partial charge on any atom is 0.290 e. The summed E-state index contributed by atoms with van der Waals surface area (Å²) in [5.74, 6) is -0.0190. The van der Waals surface area contributed by atoms with Crippen LogP contribution in [0.5, 0.6) is 0 Å². The number of amides is 1. The van der Waals surface area contributed by atoms with E-state index in [-0.39, 0.29) is 11.7 Å². The second kappa shape index (κ2) is 8.40. The first-order chi connectivity index (χ1) is 13.7. The minimum Gasteiger partial charge on any atom is -0.350 e. The zero-order chi connectivity index (χ0) is 19.3. The highest BCUT2D eigenvalue weighted by molar-refractivity contribution is 5.92. The number of likely N-dealkylation sites (tertiary alicyclic amines) is 1. The van der Waals surface area contributed by atoms with E-state index in [2.05, 4.69) is 33.6 Å². The summed E-state index contributed by atoms with van der Waals surface area (Å²) in [6, 6.07) is 18.0. The lowest BCUT2D eigenvalue weighted by atomic mass is 10.1. The SMILES string of the molecule is Cc1ccc(-c2cc(C(=O)NCc3ccccc3CN3CCCC3)on2)cc1. The van der Waals surface area contributed by atoms with Crippen LogP contribution >= 0.6 is 0 Å². The van der Waals surface area contributed by atoms with Crippen molar-refractivity contribution in [2.24, 2.45) is 0 Å². The average molecular weight is 375 g/mol. The molecule has 2 aromatic carbocycles. The van der Waals surface area contributed by atoms with Gasteiger partial charge in [-0.3, -0.25) is 9.69 Å². The molecule has 0 bridgehead atoms. The standard InChI is InChI=1S/C23H25N3O2/c1-17-8-10-18(11-9-17)21-14-22(28-25-21)23(27)24-15-19-6-2-3-7-20(19)16-26-12-4-5-13-26/h2-3,6-11,14H,4-5,12-13,15-16H2,1H3,(H,24,27). The molecule has 1 N–H and O–H groups in total. The molecule has 0 spiro atoms. The van der Waals surface area contributed by atoms with Crippen molar-refractivity contribution in [3.05, 3.63) is 77.0 Å². The lowest BCUT2D eigenvalue weighted by molar-refractivity contribution is 0.0914. The summed E-state index contributed by atoms with van der Waals surface area (Å²) in [4.78, 5) is 15.0. The molecule has 28 heavy (non-hydrogen) atoms. The molecule has 1 aliphatic rings. The molecule has 1 fully saturated rings. The fourth-order valence-electron chi connectivity index (χ4n) is 3.57. The normalized spacial score (nSPS) is 14.3. The Morgan fingerprint density at radius 1 is 1.07 bits per heavy atom. The van der Waals surface area contributed by atoms with Gasteiger partial charge in [-0.2, -0.15) is 0 Å². The highest BCUT2D eigenvalue weighted by Crippen LogP contribution is 2.20. The predicted molar refractivity (Wildman–Crippen MR) is 109 cm³/mol. The van der Waals surface area contributed by atoms with Crippen molar-refractivity contribution >= 4 is 5.91 Å². The number of nitrogens with zero attached hydrogens (tertiary/aromatic N) is 2. The van der Waals surface area contributed by atoms with E-state index in [0.717, 1.165) is 30.8 Å². The summed E-state index contributed by atoms with van der Waals surface area (Å²) in [7, 11) is 0. The third-order valence-electron chi connectivity index (χ3n) is 5.23. The van der Waals surface area contributed by atoms with Gasteiger partial charge in [0.15, 0.2) is 0 Å². The van der Waals surface area contributed by atoms with Crippen molar-refractivity contribution in [1.82, 2.24) is 15.4 Å². The quantitative estimate of drug-likeness (QED) is 0.702. The number of hydrogen-bond donors (Lipinski definition) is 1. The van der Waals surface area contributed by atoms with Gasteiger partial charge in [0.25, 0.3) is 5.91 Å². The molecule has 1 saturated heterocycles. The Morgan fingerprint density at radius 2 is 1.79 bits per heavy atom. The molecular weight excluding hydrogens is 350 g/mol. The van der Waals surface area contributed by atoms with Crippen LogP contribution in [0.2, 0.25) is 0 Å². The van der Waals surface area contributed by atoms with Gasteiger partial charge in [-0.1, -0.05) is 59.3 Å². The van der Waals surface area contributed by atoms with E-state index >= 15 is 0 Å². The van der Waals surface area contributed by atoms with Crippen molar-refractivity contribution in [2.45, 2.75) is 32.9 Å². The zero-order valence-corrected chi connectivity index (χ0v) is 16.1. The highest BCUT2D eigenvalue weighted by Gasteiger charge is 2.16. The lowest BCUT2D eigenvalue weighted by Crippen LogP contribution is -2.24. The molecule has 144 valence electrons. The van der Waals surface area contributed by atoms with Crippen LogP contribution in [0.15, 0.2) is 59.1 Å². The number of hydrogen-bond acceptors (Lipinski definition) is 4. The number of carbonyl (C=O) groups excluding carboxylic acids is 1. The maximum atomic E-state index is 12.5. The van der Waals surface area contributed by atoms with Gasteiger partial charge < -0.3 is 9.84 Å². The minimum absolute atomic E-state index is 0.229. The molecule has 1 amide bonds. The van der Waals surface area contributed by atoms with Crippen LogP contribution in [0.3, 0.4) is 0 Å². The predicted octanol–water partition coefficient (Wildman–Crippen LogP) is 4.18. The number of aryl methyl sites for hydroxylation is 1. The minimum atomic E-state index is -0.248. The molecule has 1 aromatic heterocycles. The van der Waals surface area contributed by atoms with Gasteiger partial charge in [0.2, 0.25) is 5.76 Å². The third kappa shape index (κ3) is 4.31. The van der Waals surface area contributed by atoms with Gasteiger partial charge in [-0.25, -0.2) is 0 Å². The first-order valence-electron chi connectivity index (χ1n) is 9.80. The summed E-state index contributed by atoms with van der Waals surface area (Å²) in [6.07, 6.45) is 2.54. The lowest BCUT2D eigenvalue weighted by Gasteiger charge is -2.17. The van der Waals surface area contributed by atoms with Gasteiger partial charge in [0, 0.05) is 24.7 Å². The largest absolute Gasteiger partial charge is 0.350 e. The molecular formula is C23H25N3O2. The Hall–Kier alpha value is -2.92. The van der Waals surface area contributed by atoms with Crippen molar-refractivity contribution in [3.8, 4) is 11.3 Å². The smallest absolute Gasteiger partial charge is 0.290 e. The number of benzene rings is 2. The molecule has 1 aliphatic heterocycles. The maximum absolute atomic E-state index is 12.5. The van der Waals surface area contributed by atoms with Gasteiger partial charge in [0.05, 0.1) is 0 Å². The van der Waals surface area contributed by atoms with Crippen molar-refractivity contribution in [1.29, 1.82) is 0 Å². The molecule has 5 nitrogen and oxygen atoms in total. The second-order valence-corrected chi connectivity index (χ2v) is 7.38. The number of carbonyl (C=O) groups is 1. The van der Waals surface area contributed by atoms with Gasteiger partial charge in [-0.05, 0) is 44.0 Å². The van der Waals surface area contributed by atoms with Crippen molar-refractivity contribution in [2.75, 3.05) is 13.1 Å². The summed E-state index contributed by atoms with van der Waals surface area (Å²) < 4.78 is 5.27. The Bertz CT molecular complexity index is 940. The van der Waals surface area contributed by atoms with Gasteiger partial charge in [0.1, 0.15) is 5.69 Å². The summed E-state index contributed by atoms with van der Waals surface area (Å²) in [6.45, 7) is 5.75. The Kier molecular flexibility index (Phi) is 5.53. The summed E-state index contributed by atoms with van der Waals surface area (Å²) in [5, 5.41) is 7.00. The monoisotopic (exact) mass is 375 g/mol. The van der Waals surface area contributed by atoms with Crippen LogP contribution in [-0.2, 0) is 13.1 Å². The Labute approximate surface area is 165 Å². The number of rotatable bonds is 6. The van der Waals surface area contributed by atoms with Crippen LogP contribution in [0.1, 0.15) is 40.1 Å². The Morgan fingerprint density at radius 3 is 2.54 bits per heavy atom. The van der Waals surface area contributed by atoms with Crippen LogP contribution in [0, 0.1) is 6.92 Å². The van der Waals surface area contributed by atoms with E-state index in [1.807, 2.05) is 37.3 Å². The van der Waals surface area contributed by atoms with Gasteiger partial charge >= 0.3 is 0 Å². The van der Waals surface area contributed by atoms with Crippen LogP contribution in [0.4, 0.5) is 0 Å². The van der Waals surface area contributed by atoms with E-state index in [1.54, 1.807) is 6.07 Å². The molecule has 4 rings (SSSR count). The van der Waals surface area contributed by atoms with E-state index in [4.69, 9.17) is 4.52 Å². The number of nitrogens with one attached hydrogen (secondary N) is 1. The first-order valence-corrected chi connectivity index (χ1v) is 9.80. The summed E-state index contributed by atoms with van der Waals surface area (Å²) in [5.41, 5.74) is 5.19. The molecule has 0 saturated carbocycles. The molecule has 0 unspecified atom stereocenters. The fourth-order valence-corrected chi connectivity index (χ4v) is 3.57. The second-order valence-electron chi connectivity index (χ2n) is 7.38. The molecule has 2 heterocycles. The third-order valence-corrected chi connectivity index (χ3v) is 5.23. The van der Waals surface area contributed by atoms with Gasteiger partial charge in [-0.15, -0.1) is 0 Å².